The van der Waals surface area contributed by atoms with E-state index in [0.29, 0.717) is 19.3 Å². The molecule has 0 radical (unpaired) electrons. The first-order chi connectivity index (χ1) is 41.6. The Morgan fingerprint density at radius 3 is 1.14 bits per heavy atom. The zero-order valence-corrected chi connectivity index (χ0v) is 53.1. The highest BCUT2D eigenvalue weighted by atomic mass is 16.7. The molecule has 1 rings (SSSR count). The van der Waals surface area contributed by atoms with Crippen molar-refractivity contribution in [2.75, 3.05) is 13.2 Å². The van der Waals surface area contributed by atoms with Gasteiger partial charge in [-0.15, -0.1) is 0 Å². The van der Waals surface area contributed by atoms with Crippen LogP contribution in [0, 0.1) is 0 Å². The Hall–Kier alpha value is -5.14. The lowest BCUT2D eigenvalue weighted by molar-refractivity contribution is -0.301. The molecule has 1 fully saturated rings. The number of rotatable bonds is 55. The van der Waals surface area contributed by atoms with E-state index in [9.17, 15) is 34.5 Å². The first-order valence-electron chi connectivity index (χ1n) is 33.2. The first-order valence-corrected chi connectivity index (χ1v) is 33.2. The predicted octanol–water partition coefficient (Wildman–Crippen LogP) is 18.1. The minimum absolute atomic E-state index is 0.0120. The summed E-state index contributed by atoms with van der Waals surface area (Å²) in [6.07, 6.45) is 71.1. The molecule has 6 unspecified atom stereocenters. The Kier molecular flexibility index (Phi) is 54.2. The zero-order valence-electron chi connectivity index (χ0n) is 53.1. The second-order valence-electron chi connectivity index (χ2n) is 22.0. The van der Waals surface area contributed by atoms with Crippen LogP contribution in [0.2, 0.25) is 0 Å². The summed E-state index contributed by atoms with van der Waals surface area (Å²) in [5, 5.41) is 31.6. The summed E-state index contributed by atoms with van der Waals surface area (Å²) < 4.78 is 28.5. The van der Waals surface area contributed by atoms with Gasteiger partial charge >= 0.3 is 23.9 Å². The van der Waals surface area contributed by atoms with E-state index in [4.69, 9.17) is 23.7 Å². The van der Waals surface area contributed by atoms with E-state index in [-0.39, 0.29) is 25.9 Å². The lowest BCUT2D eigenvalue weighted by Crippen LogP contribution is -2.61. The van der Waals surface area contributed by atoms with Gasteiger partial charge in [0.25, 0.3) is 0 Å². The number of carboxylic acid groups (broad SMARTS) is 1. The number of ether oxygens (including phenoxy) is 5. The molecule has 1 aliphatic heterocycles. The Bertz CT molecular complexity index is 1990. The van der Waals surface area contributed by atoms with E-state index in [2.05, 4.69) is 154 Å². The summed E-state index contributed by atoms with van der Waals surface area (Å²) in [6, 6.07) is 0. The summed E-state index contributed by atoms with van der Waals surface area (Å²) >= 11 is 0. The van der Waals surface area contributed by atoms with Crippen LogP contribution in [0.5, 0.6) is 0 Å². The number of aliphatic carboxylic acids is 1. The van der Waals surface area contributed by atoms with Crippen LogP contribution in [0.4, 0.5) is 0 Å². The number of unbranched alkanes of at least 4 members (excludes halogenated alkanes) is 19. The number of esters is 3. The fraction of sp³-hybridized carbons (Fsp3) is 0.644. The molecule has 0 spiro atoms. The van der Waals surface area contributed by atoms with E-state index in [1.54, 1.807) is 0 Å². The molecule has 1 aliphatic rings. The van der Waals surface area contributed by atoms with Crippen molar-refractivity contribution in [2.45, 2.75) is 289 Å². The summed E-state index contributed by atoms with van der Waals surface area (Å²) in [7, 11) is 0. The van der Waals surface area contributed by atoms with Crippen molar-refractivity contribution in [1.82, 2.24) is 0 Å². The number of allylic oxidation sites excluding steroid dienone is 22. The minimum Gasteiger partial charge on any atom is -0.479 e. The van der Waals surface area contributed by atoms with Crippen LogP contribution in [0.25, 0.3) is 0 Å². The van der Waals surface area contributed by atoms with Crippen LogP contribution < -0.4 is 0 Å². The maximum atomic E-state index is 13.2. The smallest absolute Gasteiger partial charge is 0.335 e. The number of hydrogen-bond donors (Lipinski definition) is 3. The Morgan fingerprint density at radius 1 is 0.400 bits per heavy atom. The minimum atomic E-state index is -1.93. The molecule has 480 valence electrons. The van der Waals surface area contributed by atoms with Crippen LogP contribution in [-0.2, 0) is 42.9 Å². The molecule has 12 heteroatoms. The topological polar surface area (TPSA) is 175 Å². The first kappa shape index (κ1) is 77.9. The highest BCUT2D eigenvalue weighted by molar-refractivity contribution is 5.74. The number of carbonyl (C=O) groups excluding carboxylic acids is 3. The highest BCUT2D eigenvalue weighted by Gasteiger charge is 2.50. The fourth-order valence-electron chi connectivity index (χ4n) is 9.18. The second-order valence-corrected chi connectivity index (χ2v) is 22.0. The summed E-state index contributed by atoms with van der Waals surface area (Å²) in [6.45, 7) is 5.72. The van der Waals surface area contributed by atoms with E-state index in [1.165, 1.54) is 19.3 Å². The van der Waals surface area contributed by atoms with Gasteiger partial charge in [-0.25, -0.2) is 4.79 Å². The van der Waals surface area contributed by atoms with Gasteiger partial charge in [0.2, 0.25) is 0 Å². The molecular weight excluding hydrogens is 1070 g/mol. The van der Waals surface area contributed by atoms with Gasteiger partial charge in [0.1, 0.15) is 18.8 Å². The van der Waals surface area contributed by atoms with Gasteiger partial charge in [-0.05, 0) is 135 Å². The lowest BCUT2D eigenvalue weighted by atomic mass is 9.98. The third kappa shape index (κ3) is 48.6. The average Bonchev–Trinajstić information content (AvgIpc) is 2.79. The molecule has 12 nitrogen and oxygen atoms in total. The molecule has 0 aromatic heterocycles. The van der Waals surface area contributed by atoms with Crippen molar-refractivity contribution in [3.63, 3.8) is 0 Å². The van der Waals surface area contributed by atoms with Crippen molar-refractivity contribution in [1.29, 1.82) is 0 Å². The quantitative estimate of drug-likeness (QED) is 0.0228. The SMILES string of the molecule is CC/C=C\C/C=C\C/C=C\C/C=C\C/C=C\CCCCCC(=O)OC1C(OCC(COC(=O)CCCCCCCC/C=C\C/C=C\C/C=C\C/C=C\CC)OC(=O)CCCCCCCCC/C=C\C/C=C\CCCCC)OC(C(=O)O)C(O)C1O. The summed E-state index contributed by atoms with van der Waals surface area (Å²) in [5.74, 6) is -3.20. The predicted molar refractivity (Wildman–Crippen MR) is 349 cm³/mol. The molecular formula is C73H116O12. The molecule has 0 aliphatic carbocycles. The van der Waals surface area contributed by atoms with E-state index in [1.807, 2.05) is 0 Å². The monoisotopic (exact) mass is 1180 g/mol. The maximum absolute atomic E-state index is 13.2. The third-order valence-electron chi connectivity index (χ3n) is 14.2. The summed E-state index contributed by atoms with van der Waals surface area (Å²) in [4.78, 5) is 51.4. The van der Waals surface area contributed by atoms with Gasteiger partial charge in [-0.1, -0.05) is 231 Å². The van der Waals surface area contributed by atoms with Gasteiger partial charge in [-0.3, -0.25) is 14.4 Å². The molecule has 1 saturated heterocycles. The summed E-state index contributed by atoms with van der Waals surface area (Å²) in [5.41, 5.74) is 0. The largest absolute Gasteiger partial charge is 0.479 e. The van der Waals surface area contributed by atoms with Crippen LogP contribution >= 0.6 is 0 Å². The Labute approximate surface area is 515 Å². The number of aliphatic hydroxyl groups is 2. The normalized spacial score (nSPS) is 18.3. The number of carboxylic acids is 1. The molecule has 1 heterocycles. The lowest BCUT2D eigenvalue weighted by Gasteiger charge is -2.40. The number of aliphatic hydroxyl groups excluding tert-OH is 2. The third-order valence-corrected chi connectivity index (χ3v) is 14.2. The van der Waals surface area contributed by atoms with Gasteiger partial charge in [0.15, 0.2) is 24.6 Å². The molecule has 0 aromatic rings. The maximum Gasteiger partial charge on any atom is 0.335 e. The Morgan fingerprint density at radius 2 is 0.741 bits per heavy atom. The van der Waals surface area contributed by atoms with E-state index < -0.39 is 67.3 Å². The average molecular weight is 1190 g/mol. The zero-order chi connectivity index (χ0) is 61.7. The molecule has 85 heavy (non-hydrogen) atoms. The number of hydrogen-bond acceptors (Lipinski definition) is 11. The molecule has 3 N–H and O–H groups in total. The van der Waals surface area contributed by atoms with Crippen molar-refractivity contribution in [3.05, 3.63) is 134 Å². The van der Waals surface area contributed by atoms with Crippen LogP contribution in [0.3, 0.4) is 0 Å². The fourth-order valence-corrected chi connectivity index (χ4v) is 9.18. The standard InChI is InChI=1S/C73H116O12/c1-4-7-10-13-16-19-22-25-28-31-33-36-38-41-44-47-50-53-56-59-65(74)81-62-64(83-66(75)60-57-54-51-48-45-42-39-35-30-27-24-21-18-15-12-9-6-3)63-82-73-71(69(78)68(77)70(85-73)72(79)80)84-67(76)61-58-55-52-49-46-43-40-37-34-32-29-26-23-20-17-14-11-8-5-2/h7-8,10-11,16-21,25-30,33-34,36-37,43,46,64,68-71,73,77-78H,4-6,9,12-15,22-24,31-32,35,38-42,44-45,47-63H2,1-3H3,(H,79,80)/b10-7-,11-8-,19-16-,20-17-,21-18-,28-25-,29-26-,30-27-,36-33-,37-34-,46-43-. The van der Waals surface area contributed by atoms with Gasteiger partial charge in [-0.2, -0.15) is 0 Å². The van der Waals surface area contributed by atoms with Gasteiger partial charge in [0, 0.05) is 19.3 Å². The molecule has 0 saturated carbocycles. The van der Waals surface area contributed by atoms with E-state index in [0.717, 1.165) is 173 Å². The molecule has 0 amide bonds. The van der Waals surface area contributed by atoms with Gasteiger partial charge < -0.3 is 39.0 Å². The van der Waals surface area contributed by atoms with Crippen LogP contribution in [-0.4, -0.2) is 89.2 Å². The Balaban J connectivity index is 2.70. The van der Waals surface area contributed by atoms with Crippen molar-refractivity contribution in [2.24, 2.45) is 0 Å². The van der Waals surface area contributed by atoms with Crippen molar-refractivity contribution in [3.8, 4) is 0 Å². The van der Waals surface area contributed by atoms with E-state index >= 15 is 0 Å². The molecule has 6 atom stereocenters. The van der Waals surface area contributed by atoms with Crippen molar-refractivity contribution >= 4 is 23.9 Å². The number of carbonyl (C=O) groups is 4. The van der Waals surface area contributed by atoms with Crippen LogP contribution in [0.1, 0.15) is 252 Å². The highest BCUT2D eigenvalue weighted by Crippen LogP contribution is 2.26. The molecule has 0 bridgehead atoms. The molecule has 0 aromatic carbocycles. The second kappa shape index (κ2) is 59.2. The van der Waals surface area contributed by atoms with Gasteiger partial charge in [0.05, 0.1) is 6.61 Å². The van der Waals surface area contributed by atoms with Crippen molar-refractivity contribution < 1.29 is 58.2 Å². The van der Waals surface area contributed by atoms with Crippen LogP contribution in [0.15, 0.2) is 134 Å².